The minimum atomic E-state index is -2.75. The van der Waals surface area contributed by atoms with Gasteiger partial charge in [-0.25, -0.2) is 8.78 Å². The predicted molar refractivity (Wildman–Crippen MR) is 133 cm³/mol. The van der Waals surface area contributed by atoms with E-state index in [0.717, 1.165) is 0 Å². The molecule has 2 saturated carbocycles. The van der Waals surface area contributed by atoms with Gasteiger partial charge in [-0.1, -0.05) is 53.0 Å². The molecule has 184 valence electrons. The molecule has 1 aromatic carbocycles. The first-order valence-corrected chi connectivity index (χ1v) is 12.2. The van der Waals surface area contributed by atoms with E-state index >= 15 is 0 Å². The van der Waals surface area contributed by atoms with E-state index in [0.29, 0.717) is 5.56 Å². The normalized spacial score (nSPS) is 23.7. The largest absolute Gasteiger partial charge is 0.349 e. The number of benzene rings is 1. The SMILES string of the molecule is C=C(/C=C\C(Cl)=C(/C)C(=O)NC1CC(F)(F)C1)NC(=O)C1C(c2cc(Cl)c(Cl)cc2Cl)C1(Cl)Cl. The van der Waals surface area contributed by atoms with Crippen LogP contribution in [0.4, 0.5) is 8.78 Å². The first-order chi connectivity index (χ1) is 15.6. The summed E-state index contributed by atoms with van der Waals surface area (Å²) in [4.78, 5) is 24.9. The molecule has 2 aliphatic rings. The average Bonchev–Trinajstić information content (AvgIpc) is 3.28. The first-order valence-electron chi connectivity index (χ1n) is 9.89. The van der Waals surface area contributed by atoms with E-state index in [2.05, 4.69) is 17.2 Å². The summed E-state index contributed by atoms with van der Waals surface area (Å²) < 4.78 is 24.4. The summed E-state index contributed by atoms with van der Waals surface area (Å²) in [7, 11) is 0. The van der Waals surface area contributed by atoms with Crippen LogP contribution in [0.3, 0.4) is 0 Å². The van der Waals surface area contributed by atoms with Gasteiger partial charge in [0.1, 0.15) is 4.33 Å². The van der Waals surface area contributed by atoms with Crippen LogP contribution in [0.5, 0.6) is 0 Å². The van der Waals surface area contributed by atoms with Crippen LogP contribution in [0.2, 0.25) is 15.1 Å². The summed E-state index contributed by atoms with van der Waals surface area (Å²) in [5.41, 5.74) is 0.772. The zero-order chi connectivity index (χ0) is 25.6. The summed E-state index contributed by atoms with van der Waals surface area (Å²) in [6, 6.07) is 2.37. The van der Waals surface area contributed by atoms with E-state index in [-0.39, 0.29) is 31.4 Å². The maximum atomic E-state index is 12.9. The van der Waals surface area contributed by atoms with Gasteiger partial charge in [0.2, 0.25) is 11.8 Å². The van der Waals surface area contributed by atoms with Crippen LogP contribution < -0.4 is 10.6 Å². The van der Waals surface area contributed by atoms with E-state index in [1.807, 2.05) is 0 Å². The maximum absolute atomic E-state index is 12.9. The lowest BCUT2D eigenvalue weighted by Gasteiger charge is -2.35. The quantitative estimate of drug-likeness (QED) is 0.153. The van der Waals surface area contributed by atoms with Crippen LogP contribution in [0.1, 0.15) is 31.2 Å². The Morgan fingerprint density at radius 2 is 1.68 bits per heavy atom. The van der Waals surface area contributed by atoms with Gasteiger partial charge in [-0.15, -0.1) is 23.2 Å². The first kappa shape index (κ1) is 27.6. The number of hydrogen-bond donors (Lipinski definition) is 2. The predicted octanol–water partition coefficient (Wildman–Crippen LogP) is 7.15. The Balaban J connectivity index is 1.60. The molecule has 2 aliphatic carbocycles. The Morgan fingerprint density at radius 1 is 1.09 bits per heavy atom. The van der Waals surface area contributed by atoms with Crippen LogP contribution in [-0.2, 0) is 9.59 Å². The van der Waals surface area contributed by atoms with Crippen molar-refractivity contribution in [1.82, 2.24) is 10.6 Å². The molecule has 12 heteroatoms. The zero-order valence-electron chi connectivity index (χ0n) is 17.5. The van der Waals surface area contributed by atoms with E-state index in [9.17, 15) is 18.4 Å². The Labute approximate surface area is 225 Å². The number of allylic oxidation sites excluding steroid dienone is 3. The van der Waals surface area contributed by atoms with Gasteiger partial charge in [0, 0.05) is 46.1 Å². The van der Waals surface area contributed by atoms with Crippen molar-refractivity contribution in [2.24, 2.45) is 5.92 Å². The number of rotatable bonds is 7. The molecule has 0 aromatic heterocycles. The molecule has 0 radical (unpaired) electrons. The molecule has 1 aromatic rings. The Bertz CT molecular complexity index is 1110. The van der Waals surface area contributed by atoms with Crippen LogP contribution >= 0.6 is 69.6 Å². The van der Waals surface area contributed by atoms with Crippen LogP contribution in [0, 0.1) is 5.92 Å². The highest BCUT2D eigenvalue weighted by Crippen LogP contribution is 2.66. The van der Waals surface area contributed by atoms with Crippen LogP contribution in [-0.4, -0.2) is 28.1 Å². The highest BCUT2D eigenvalue weighted by Gasteiger charge is 2.68. The molecule has 2 amide bonds. The second-order valence-electron chi connectivity index (χ2n) is 8.17. The minimum Gasteiger partial charge on any atom is -0.349 e. The second-order valence-corrected chi connectivity index (χ2v) is 11.2. The van der Waals surface area contributed by atoms with Crippen LogP contribution in [0.15, 0.2) is 47.2 Å². The summed E-state index contributed by atoms with van der Waals surface area (Å²) in [5, 5.41) is 5.89. The van der Waals surface area contributed by atoms with Crippen molar-refractivity contribution < 1.29 is 18.4 Å². The van der Waals surface area contributed by atoms with E-state index in [1.165, 1.54) is 31.2 Å². The molecule has 4 nitrogen and oxygen atoms in total. The minimum absolute atomic E-state index is 0.0508. The van der Waals surface area contributed by atoms with Crippen molar-refractivity contribution in [3.05, 3.63) is 67.8 Å². The molecule has 3 rings (SSSR count). The average molecular weight is 593 g/mol. The number of carbonyl (C=O) groups excluding carboxylic acids is 2. The Hall–Kier alpha value is -1.02. The highest BCUT2D eigenvalue weighted by molar-refractivity contribution is 6.53. The number of nitrogens with one attached hydrogen (secondary N) is 2. The van der Waals surface area contributed by atoms with Gasteiger partial charge in [0.15, 0.2) is 0 Å². The van der Waals surface area contributed by atoms with Gasteiger partial charge in [-0.3, -0.25) is 9.59 Å². The van der Waals surface area contributed by atoms with Gasteiger partial charge in [0.25, 0.3) is 5.92 Å². The molecule has 2 unspecified atom stereocenters. The van der Waals surface area contributed by atoms with Crippen molar-refractivity contribution in [2.45, 2.75) is 42.0 Å². The van der Waals surface area contributed by atoms with E-state index < -0.39 is 52.8 Å². The summed E-state index contributed by atoms with van der Waals surface area (Å²) >= 11 is 37.0. The lowest BCUT2D eigenvalue weighted by atomic mass is 9.88. The van der Waals surface area contributed by atoms with E-state index in [4.69, 9.17) is 69.6 Å². The summed E-state index contributed by atoms with van der Waals surface area (Å²) in [5.74, 6) is -5.27. The fraction of sp³-hybridized carbons (Fsp3) is 0.364. The fourth-order valence-electron chi connectivity index (χ4n) is 3.56. The topological polar surface area (TPSA) is 58.2 Å². The smallest absolute Gasteiger partial charge is 0.252 e. The molecule has 0 heterocycles. The molecule has 0 aliphatic heterocycles. The number of carbonyl (C=O) groups is 2. The maximum Gasteiger partial charge on any atom is 0.252 e. The van der Waals surface area contributed by atoms with E-state index in [1.54, 1.807) is 0 Å². The third kappa shape index (κ3) is 6.03. The molecule has 2 atom stereocenters. The fourth-order valence-corrected chi connectivity index (χ4v) is 5.19. The van der Waals surface area contributed by atoms with Crippen molar-refractivity contribution in [2.75, 3.05) is 0 Å². The lowest BCUT2D eigenvalue weighted by molar-refractivity contribution is -0.126. The molecule has 2 fully saturated rings. The second kappa shape index (κ2) is 10.2. The van der Waals surface area contributed by atoms with Gasteiger partial charge in [-0.2, -0.15) is 0 Å². The standard InChI is InChI=1S/C22H18Cl6F2N2O2/c1-9(3-4-13(23)10(2)19(33)32-11-7-21(29,30)8-11)31-20(34)18-17(22(18,27)28)12-5-15(25)16(26)6-14(12)24/h3-6,11,17-18H,1,7-8H2,2H3,(H,31,34)(H,32,33)/b4-3-,13-10-. The molecule has 0 saturated heterocycles. The third-order valence-electron chi connectivity index (χ3n) is 5.55. The van der Waals surface area contributed by atoms with Crippen LogP contribution in [0.25, 0.3) is 0 Å². The monoisotopic (exact) mass is 590 g/mol. The van der Waals surface area contributed by atoms with Crippen molar-refractivity contribution in [3.8, 4) is 0 Å². The Kier molecular flexibility index (Phi) is 8.23. The van der Waals surface area contributed by atoms with Gasteiger partial charge >= 0.3 is 0 Å². The third-order valence-corrected chi connectivity index (χ3v) is 7.95. The van der Waals surface area contributed by atoms with Crippen molar-refractivity contribution in [1.29, 1.82) is 0 Å². The number of amides is 2. The van der Waals surface area contributed by atoms with Crippen molar-refractivity contribution >= 4 is 81.4 Å². The number of alkyl halides is 4. The lowest BCUT2D eigenvalue weighted by Crippen LogP contribution is -2.50. The molecular weight excluding hydrogens is 575 g/mol. The molecular formula is C22H18Cl6F2N2O2. The number of hydrogen-bond acceptors (Lipinski definition) is 2. The Morgan fingerprint density at radius 3 is 2.26 bits per heavy atom. The number of halogens is 8. The molecule has 2 N–H and O–H groups in total. The highest BCUT2D eigenvalue weighted by atomic mass is 35.5. The zero-order valence-corrected chi connectivity index (χ0v) is 22.0. The van der Waals surface area contributed by atoms with Gasteiger partial charge in [0.05, 0.1) is 16.0 Å². The summed E-state index contributed by atoms with van der Waals surface area (Å²) in [6.45, 7) is 5.17. The van der Waals surface area contributed by atoms with Gasteiger partial charge < -0.3 is 10.6 Å². The van der Waals surface area contributed by atoms with Crippen molar-refractivity contribution in [3.63, 3.8) is 0 Å². The summed E-state index contributed by atoms with van der Waals surface area (Å²) in [6.07, 6.45) is 1.92. The molecule has 0 bridgehead atoms. The van der Waals surface area contributed by atoms with Gasteiger partial charge in [-0.05, 0) is 36.8 Å². The molecule has 0 spiro atoms. The molecule has 34 heavy (non-hydrogen) atoms.